The molecule has 174 valence electrons. The molecule has 0 N–H and O–H groups in total. The average molecular weight is 476 g/mol. The van der Waals surface area contributed by atoms with Gasteiger partial charge in [-0.3, -0.25) is 4.79 Å². The van der Waals surface area contributed by atoms with Gasteiger partial charge in [-0.25, -0.2) is 0 Å². The van der Waals surface area contributed by atoms with E-state index in [4.69, 9.17) is 4.74 Å². The minimum absolute atomic E-state index is 0.0188. The molecule has 0 rings (SSSR count). The number of hydrogen-bond acceptors (Lipinski definition) is 2. The molecule has 0 aliphatic heterocycles. The van der Waals surface area contributed by atoms with Gasteiger partial charge in [0.2, 0.25) is 0 Å². The largest absolute Gasteiger partial charge is 0.465 e. The number of alkyl halides is 1. The van der Waals surface area contributed by atoms with Crippen LogP contribution in [0.1, 0.15) is 137 Å². The summed E-state index contributed by atoms with van der Waals surface area (Å²) in [4.78, 5) is 12.2. The summed E-state index contributed by atoms with van der Waals surface area (Å²) in [5, 5.41) is 1.06. The van der Waals surface area contributed by atoms with Crippen LogP contribution < -0.4 is 0 Å². The third-order valence-electron chi connectivity index (χ3n) is 6.17. The summed E-state index contributed by atoms with van der Waals surface area (Å²) in [7, 11) is 0. The highest BCUT2D eigenvalue weighted by atomic mass is 79.9. The smallest absolute Gasteiger partial charge is 0.305 e. The van der Waals surface area contributed by atoms with Crippen LogP contribution in [0.5, 0.6) is 0 Å². The second-order valence-electron chi connectivity index (χ2n) is 9.77. The third kappa shape index (κ3) is 19.6. The van der Waals surface area contributed by atoms with Gasteiger partial charge < -0.3 is 4.74 Å². The molecule has 0 radical (unpaired) electrons. The molecule has 0 aromatic carbocycles. The first-order chi connectivity index (χ1) is 13.9. The second-order valence-corrected chi connectivity index (χ2v) is 10.6. The number of rotatable bonds is 21. The van der Waals surface area contributed by atoms with Gasteiger partial charge in [0.05, 0.1) is 6.61 Å². The molecule has 0 spiro atoms. The van der Waals surface area contributed by atoms with Crippen molar-refractivity contribution in [2.45, 2.75) is 137 Å². The lowest BCUT2D eigenvalue weighted by Gasteiger charge is -2.23. The summed E-state index contributed by atoms with van der Waals surface area (Å²) in [5.41, 5.74) is 0.369. The number of unbranched alkanes of at least 4 members (excludes halogenated alkanes) is 9. The molecular formula is C26H51BrO2. The molecule has 0 aromatic rings. The van der Waals surface area contributed by atoms with Crippen LogP contribution in [-0.4, -0.2) is 17.9 Å². The Balaban J connectivity index is 4.06. The van der Waals surface area contributed by atoms with E-state index in [1.807, 2.05) is 0 Å². The van der Waals surface area contributed by atoms with E-state index in [2.05, 4.69) is 43.6 Å². The van der Waals surface area contributed by atoms with Crippen LogP contribution in [0.3, 0.4) is 0 Å². The monoisotopic (exact) mass is 474 g/mol. The fourth-order valence-corrected chi connectivity index (χ4v) is 4.99. The van der Waals surface area contributed by atoms with Crippen molar-refractivity contribution >= 4 is 21.9 Å². The van der Waals surface area contributed by atoms with Gasteiger partial charge in [-0.15, -0.1) is 0 Å². The number of carbonyl (C=O) groups is 1. The predicted octanol–water partition coefficient (Wildman–Crippen LogP) is 9.24. The van der Waals surface area contributed by atoms with Crippen LogP contribution in [-0.2, 0) is 9.53 Å². The Labute approximate surface area is 191 Å². The van der Waals surface area contributed by atoms with Gasteiger partial charge in [0.1, 0.15) is 0 Å². The fraction of sp³-hybridized carbons (Fsp3) is 0.962. The first-order valence-corrected chi connectivity index (χ1v) is 13.8. The highest BCUT2D eigenvalue weighted by Crippen LogP contribution is 2.28. The van der Waals surface area contributed by atoms with Gasteiger partial charge in [-0.2, -0.15) is 0 Å². The molecular weight excluding hydrogens is 424 g/mol. The predicted molar refractivity (Wildman–Crippen MR) is 132 cm³/mol. The van der Waals surface area contributed by atoms with Gasteiger partial charge in [0.25, 0.3) is 0 Å². The molecule has 0 amide bonds. The van der Waals surface area contributed by atoms with Crippen LogP contribution in [0, 0.1) is 11.3 Å². The van der Waals surface area contributed by atoms with Crippen LogP contribution in [0.25, 0.3) is 0 Å². The zero-order valence-corrected chi connectivity index (χ0v) is 21.8. The topological polar surface area (TPSA) is 26.3 Å². The van der Waals surface area contributed by atoms with Crippen LogP contribution in [0.4, 0.5) is 0 Å². The molecule has 0 fully saturated rings. The minimum atomic E-state index is 0.0188. The molecule has 0 heterocycles. The Hall–Kier alpha value is -0.0500. The van der Waals surface area contributed by atoms with E-state index in [0.29, 0.717) is 24.4 Å². The van der Waals surface area contributed by atoms with Gasteiger partial charge in [-0.1, -0.05) is 114 Å². The van der Waals surface area contributed by atoms with Crippen molar-refractivity contribution in [3.8, 4) is 0 Å². The summed E-state index contributed by atoms with van der Waals surface area (Å²) in [6, 6.07) is 0. The molecule has 29 heavy (non-hydrogen) atoms. The molecule has 0 aliphatic rings. The average Bonchev–Trinajstić information content (AvgIpc) is 2.68. The highest BCUT2D eigenvalue weighted by molar-refractivity contribution is 9.09. The van der Waals surface area contributed by atoms with Crippen molar-refractivity contribution in [2.24, 2.45) is 11.3 Å². The molecule has 0 unspecified atom stereocenters. The van der Waals surface area contributed by atoms with Crippen molar-refractivity contribution < 1.29 is 9.53 Å². The quantitative estimate of drug-likeness (QED) is 0.0939. The van der Waals surface area contributed by atoms with Crippen molar-refractivity contribution in [2.75, 3.05) is 11.9 Å². The number of ether oxygens (including phenoxy) is 1. The van der Waals surface area contributed by atoms with E-state index in [1.54, 1.807) is 0 Å². The maximum atomic E-state index is 12.2. The lowest BCUT2D eigenvalue weighted by molar-refractivity contribution is -0.145. The molecule has 0 aromatic heterocycles. The lowest BCUT2D eigenvalue weighted by atomic mass is 9.84. The van der Waals surface area contributed by atoms with E-state index >= 15 is 0 Å². The molecule has 0 saturated heterocycles. The first kappa shape index (κ1) is 28.9. The van der Waals surface area contributed by atoms with Crippen molar-refractivity contribution in [1.29, 1.82) is 0 Å². The van der Waals surface area contributed by atoms with E-state index in [1.165, 1.54) is 89.9 Å². The van der Waals surface area contributed by atoms with Gasteiger partial charge in [0, 0.05) is 11.8 Å². The number of hydrogen-bond donors (Lipinski definition) is 0. The highest BCUT2D eigenvalue weighted by Gasteiger charge is 2.17. The summed E-state index contributed by atoms with van der Waals surface area (Å²) in [6.45, 7) is 9.81. The van der Waals surface area contributed by atoms with E-state index in [9.17, 15) is 4.79 Å². The molecule has 0 saturated carbocycles. The summed E-state index contributed by atoms with van der Waals surface area (Å²) < 4.78 is 5.69. The fourth-order valence-electron chi connectivity index (χ4n) is 3.92. The van der Waals surface area contributed by atoms with Crippen LogP contribution in [0.15, 0.2) is 0 Å². The Morgan fingerprint density at radius 2 is 1.34 bits per heavy atom. The third-order valence-corrected chi connectivity index (χ3v) is 6.56. The maximum absolute atomic E-state index is 12.2. The van der Waals surface area contributed by atoms with Gasteiger partial charge in [-0.05, 0) is 43.4 Å². The van der Waals surface area contributed by atoms with Crippen LogP contribution in [0.2, 0.25) is 0 Å². The van der Waals surface area contributed by atoms with E-state index in [0.717, 1.165) is 18.2 Å². The van der Waals surface area contributed by atoms with Crippen molar-refractivity contribution in [3.05, 3.63) is 0 Å². The lowest BCUT2D eigenvalue weighted by Crippen LogP contribution is -2.15. The maximum Gasteiger partial charge on any atom is 0.305 e. The molecule has 0 atom stereocenters. The Morgan fingerprint density at radius 1 is 0.793 bits per heavy atom. The van der Waals surface area contributed by atoms with Gasteiger partial charge >= 0.3 is 5.97 Å². The zero-order valence-electron chi connectivity index (χ0n) is 20.2. The summed E-state index contributed by atoms with van der Waals surface area (Å²) in [6.07, 6.45) is 20.7. The standard InChI is InChI=1S/C26H51BrO2/c1-5-7-9-11-13-17-24(18-14-12-10-8-6-2)23-29-25(28)19-15-16-20-26(3,4)21-22-27/h24H,5-23H2,1-4H3. The second kappa shape index (κ2) is 19.9. The SMILES string of the molecule is CCCCCCCC(CCCCCCC)COC(=O)CCCCC(C)(C)CCBr. The molecule has 2 nitrogen and oxygen atoms in total. The Morgan fingerprint density at radius 3 is 1.86 bits per heavy atom. The zero-order chi connectivity index (χ0) is 21.8. The van der Waals surface area contributed by atoms with E-state index < -0.39 is 0 Å². The van der Waals surface area contributed by atoms with Crippen molar-refractivity contribution in [1.82, 2.24) is 0 Å². The molecule has 0 aliphatic carbocycles. The van der Waals surface area contributed by atoms with Crippen molar-refractivity contribution in [3.63, 3.8) is 0 Å². The molecule has 3 heteroatoms. The Bertz CT molecular complexity index is 354. The number of carbonyl (C=O) groups excluding carboxylic acids is 1. The summed E-state index contributed by atoms with van der Waals surface area (Å²) in [5.74, 6) is 0.588. The normalized spacial score (nSPS) is 11.9. The minimum Gasteiger partial charge on any atom is -0.465 e. The van der Waals surface area contributed by atoms with Gasteiger partial charge in [0.15, 0.2) is 0 Å². The molecule has 0 bridgehead atoms. The first-order valence-electron chi connectivity index (χ1n) is 12.7. The summed E-state index contributed by atoms with van der Waals surface area (Å²) >= 11 is 3.54. The Kier molecular flexibility index (Phi) is 19.9. The van der Waals surface area contributed by atoms with E-state index in [-0.39, 0.29) is 5.97 Å². The number of halogens is 1. The number of esters is 1. The van der Waals surface area contributed by atoms with Crippen LogP contribution >= 0.6 is 15.9 Å².